The Labute approximate surface area is 153 Å². The monoisotopic (exact) mass is 352 g/mol. The van der Waals surface area contributed by atoms with Crippen LogP contribution in [0, 0.1) is 0 Å². The maximum Gasteiger partial charge on any atom is 0.150 e. The molecule has 3 aromatic rings. The Bertz CT molecular complexity index is 868. The van der Waals surface area contributed by atoms with Gasteiger partial charge in [0.05, 0.1) is 17.3 Å². The Morgan fingerprint density at radius 3 is 2.81 bits per heavy atom. The third-order valence-electron chi connectivity index (χ3n) is 4.78. The van der Waals surface area contributed by atoms with E-state index >= 15 is 0 Å². The zero-order chi connectivity index (χ0) is 17.9. The molecule has 2 unspecified atom stereocenters. The van der Waals surface area contributed by atoms with E-state index in [1.807, 2.05) is 53.2 Å². The molecule has 1 fully saturated rings. The molecule has 136 valence electrons. The molecule has 0 saturated carbocycles. The lowest BCUT2D eigenvalue weighted by Gasteiger charge is -2.23. The lowest BCUT2D eigenvalue weighted by molar-refractivity contribution is -0.0372. The van der Waals surface area contributed by atoms with Crippen LogP contribution in [0.1, 0.15) is 49.8 Å². The molecule has 2 aromatic carbocycles. The fourth-order valence-corrected chi connectivity index (χ4v) is 3.42. The topological polar surface area (TPSA) is 56.5 Å². The van der Waals surface area contributed by atoms with E-state index in [1.54, 1.807) is 6.92 Å². The van der Waals surface area contributed by atoms with Crippen molar-refractivity contribution in [2.24, 2.45) is 0 Å². The number of aromatic nitrogens is 2. The molecule has 1 aliphatic heterocycles. The van der Waals surface area contributed by atoms with E-state index in [1.165, 1.54) is 0 Å². The van der Waals surface area contributed by atoms with E-state index in [2.05, 4.69) is 5.10 Å². The van der Waals surface area contributed by atoms with Crippen LogP contribution in [-0.4, -0.2) is 21.5 Å². The Morgan fingerprint density at radius 1 is 1.23 bits per heavy atom. The first-order chi connectivity index (χ1) is 12.7. The molecule has 1 N–H and O–H groups in total. The van der Waals surface area contributed by atoms with Crippen molar-refractivity contribution in [3.63, 3.8) is 0 Å². The summed E-state index contributed by atoms with van der Waals surface area (Å²) < 4.78 is 13.8. The van der Waals surface area contributed by atoms with Crippen molar-refractivity contribution < 1.29 is 14.6 Å². The van der Waals surface area contributed by atoms with Crippen LogP contribution < -0.4 is 4.74 Å². The van der Waals surface area contributed by atoms with E-state index in [-0.39, 0.29) is 6.23 Å². The highest BCUT2D eigenvalue weighted by atomic mass is 16.5. The van der Waals surface area contributed by atoms with Crippen LogP contribution in [-0.2, 0) is 11.3 Å². The molecule has 0 bridgehead atoms. The fraction of sp³-hybridized carbons (Fsp3) is 0.381. The second-order valence-corrected chi connectivity index (χ2v) is 6.78. The number of aliphatic hydroxyl groups is 1. The average molecular weight is 352 g/mol. The molecule has 0 spiro atoms. The van der Waals surface area contributed by atoms with Gasteiger partial charge in [-0.3, -0.25) is 0 Å². The van der Waals surface area contributed by atoms with E-state index in [0.29, 0.717) is 12.3 Å². The normalized spacial score (nSPS) is 18.8. The number of fused-ring (bicyclic) bond motifs is 1. The first-order valence-electron chi connectivity index (χ1n) is 9.21. The predicted molar refractivity (Wildman–Crippen MR) is 100.0 cm³/mol. The van der Waals surface area contributed by atoms with Gasteiger partial charge in [-0.1, -0.05) is 30.3 Å². The fourth-order valence-electron chi connectivity index (χ4n) is 3.42. The van der Waals surface area contributed by atoms with Crippen LogP contribution in [0.2, 0.25) is 0 Å². The van der Waals surface area contributed by atoms with E-state index in [4.69, 9.17) is 9.47 Å². The van der Waals surface area contributed by atoms with Gasteiger partial charge in [-0.2, -0.15) is 5.10 Å². The first kappa shape index (κ1) is 17.1. The van der Waals surface area contributed by atoms with Gasteiger partial charge >= 0.3 is 0 Å². The summed E-state index contributed by atoms with van der Waals surface area (Å²) in [5.41, 5.74) is 2.75. The maximum absolute atomic E-state index is 10.1. The largest absolute Gasteiger partial charge is 0.489 e. The second kappa shape index (κ2) is 7.48. The van der Waals surface area contributed by atoms with Gasteiger partial charge in [0.25, 0.3) is 0 Å². The highest BCUT2D eigenvalue weighted by Crippen LogP contribution is 2.32. The summed E-state index contributed by atoms with van der Waals surface area (Å²) in [4.78, 5) is 0. The smallest absolute Gasteiger partial charge is 0.150 e. The zero-order valence-corrected chi connectivity index (χ0v) is 15.0. The van der Waals surface area contributed by atoms with Gasteiger partial charge < -0.3 is 14.6 Å². The highest BCUT2D eigenvalue weighted by molar-refractivity contribution is 5.83. The Balaban J connectivity index is 1.66. The summed E-state index contributed by atoms with van der Waals surface area (Å²) in [7, 11) is 0. The van der Waals surface area contributed by atoms with Gasteiger partial charge in [0, 0.05) is 18.1 Å². The van der Waals surface area contributed by atoms with Crippen molar-refractivity contribution in [3.8, 4) is 5.75 Å². The lowest BCUT2D eigenvalue weighted by Crippen LogP contribution is -2.19. The van der Waals surface area contributed by atoms with Crippen LogP contribution in [0.5, 0.6) is 5.75 Å². The molecule has 1 aromatic heterocycles. The number of benzene rings is 2. The molecular weight excluding hydrogens is 328 g/mol. The van der Waals surface area contributed by atoms with Crippen molar-refractivity contribution in [2.75, 3.05) is 6.61 Å². The molecule has 1 aliphatic rings. The van der Waals surface area contributed by atoms with E-state index in [0.717, 1.165) is 48.1 Å². The summed E-state index contributed by atoms with van der Waals surface area (Å²) in [6, 6.07) is 16.0. The maximum atomic E-state index is 10.1. The van der Waals surface area contributed by atoms with Crippen molar-refractivity contribution in [3.05, 3.63) is 59.8 Å². The molecule has 1 saturated heterocycles. The van der Waals surface area contributed by atoms with Crippen LogP contribution in [0.3, 0.4) is 0 Å². The minimum absolute atomic E-state index is 0.0804. The minimum Gasteiger partial charge on any atom is -0.489 e. The summed E-state index contributed by atoms with van der Waals surface area (Å²) in [6.07, 6.45) is 2.44. The molecule has 2 heterocycles. The molecule has 0 radical (unpaired) electrons. The Hall–Kier alpha value is -2.37. The van der Waals surface area contributed by atoms with Crippen LogP contribution in [0.25, 0.3) is 10.9 Å². The molecule has 4 rings (SSSR count). The zero-order valence-electron chi connectivity index (χ0n) is 15.0. The highest BCUT2D eigenvalue weighted by Gasteiger charge is 2.22. The molecule has 2 atom stereocenters. The lowest BCUT2D eigenvalue weighted by atomic mass is 10.1. The number of hydrogen-bond donors (Lipinski definition) is 1. The number of nitrogens with zero attached hydrogens (tertiary/aromatic N) is 2. The molecule has 0 aliphatic carbocycles. The Kier molecular flexibility index (Phi) is 4.91. The third-order valence-corrected chi connectivity index (χ3v) is 4.78. The van der Waals surface area contributed by atoms with E-state index < -0.39 is 6.10 Å². The van der Waals surface area contributed by atoms with Crippen molar-refractivity contribution in [1.29, 1.82) is 0 Å². The van der Waals surface area contributed by atoms with Crippen molar-refractivity contribution in [2.45, 2.75) is 45.1 Å². The third kappa shape index (κ3) is 3.45. The molecule has 0 amide bonds. The molecule has 5 heteroatoms. The number of ether oxygens (including phenoxy) is 2. The van der Waals surface area contributed by atoms with Crippen LogP contribution >= 0.6 is 0 Å². The van der Waals surface area contributed by atoms with Gasteiger partial charge in [-0.25, -0.2) is 4.68 Å². The Morgan fingerprint density at radius 2 is 2.08 bits per heavy atom. The number of rotatable bonds is 5. The van der Waals surface area contributed by atoms with Gasteiger partial charge in [-0.05, 0) is 43.9 Å². The minimum atomic E-state index is -0.626. The van der Waals surface area contributed by atoms with Crippen LogP contribution in [0.4, 0.5) is 0 Å². The molecular formula is C21H24N2O3. The molecule has 5 nitrogen and oxygen atoms in total. The quantitative estimate of drug-likeness (QED) is 0.741. The van der Waals surface area contributed by atoms with Crippen molar-refractivity contribution in [1.82, 2.24) is 9.78 Å². The first-order valence-corrected chi connectivity index (χ1v) is 9.21. The van der Waals surface area contributed by atoms with Crippen LogP contribution in [0.15, 0.2) is 48.5 Å². The number of aliphatic hydroxyl groups excluding tert-OH is 1. The standard InChI is InChI=1S/C21H24N2O3/c1-15(24)21-18-11-10-17(26-14-16-7-3-2-4-8-16)13-19(18)23(22-21)20-9-5-6-12-25-20/h2-4,7-8,10-11,13,15,20,24H,5-6,9,12,14H2,1H3. The summed E-state index contributed by atoms with van der Waals surface area (Å²) in [5.74, 6) is 0.787. The summed E-state index contributed by atoms with van der Waals surface area (Å²) >= 11 is 0. The predicted octanol–water partition coefficient (Wildman–Crippen LogP) is 4.37. The van der Waals surface area contributed by atoms with Crippen molar-refractivity contribution >= 4 is 10.9 Å². The summed E-state index contributed by atoms with van der Waals surface area (Å²) in [6.45, 7) is 3.01. The second-order valence-electron chi connectivity index (χ2n) is 6.78. The van der Waals surface area contributed by atoms with Gasteiger partial charge in [0.1, 0.15) is 12.4 Å². The van der Waals surface area contributed by atoms with E-state index in [9.17, 15) is 5.11 Å². The molecule has 26 heavy (non-hydrogen) atoms. The number of hydrogen-bond acceptors (Lipinski definition) is 4. The van der Waals surface area contributed by atoms with Gasteiger partial charge in [0.15, 0.2) is 6.23 Å². The van der Waals surface area contributed by atoms with Gasteiger partial charge in [0.2, 0.25) is 0 Å². The SMILES string of the molecule is CC(O)c1nn(C2CCCCO2)c2cc(OCc3ccccc3)ccc12. The van der Waals surface area contributed by atoms with Gasteiger partial charge in [-0.15, -0.1) is 0 Å². The average Bonchev–Trinajstić information content (AvgIpc) is 3.07. The summed E-state index contributed by atoms with van der Waals surface area (Å²) in [5, 5.41) is 15.7.